The zero-order valence-corrected chi connectivity index (χ0v) is 12.0. The van der Waals surface area contributed by atoms with Gasteiger partial charge in [0.25, 0.3) is 0 Å². The highest BCUT2D eigenvalue weighted by molar-refractivity contribution is 6.30. The first-order chi connectivity index (χ1) is 10.1. The van der Waals surface area contributed by atoms with Crippen molar-refractivity contribution in [2.75, 3.05) is 6.61 Å². The number of carbonyl (C=O) groups is 1. The Kier molecular flexibility index (Phi) is 3.80. The van der Waals surface area contributed by atoms with E-state index >= 15 is 0 Å². The first-order valence-corrected chi connectivity index (χ1v) is 7.13. The Labute approximate surface area is 127 Å². The second kappa shape index (κ2) is 5.74. The molecule has 5 heteroatoms. The molecule has 1 fully saturated rings. The maximum absolute atomic E-state index is 11.1. The van der Waals surface area contributed by atoms with E-state index in [1.165, 1.54) is 25.1 Å². The molecule has 1 aliphatic rings. The predicted molar refractivity (Wildman–Crippen MR) is 79.9 cm³/mol. The number of carboxylic acid groups (broad SMARTS) is 1. The molecule has 2 aromatic rings. The molecule has 0 saturated heterocycles. The average Bonchev–Trinajstić information content (AvgIpc) is 3.30. The van der Waals surface area contributed by atoms with Crippen LogP contribution in [-0.2, 0) is 0 Å². The van der Waals surface area contributed by atoms with Gasteiger partial charge in [-0.15, -0.1) is 0 Å². The van der Waals surface area contributed by atoms with Crippen molar-refractivity contribution in [3.8, 4) is 16.9 Å². The monoisotopic (exact) mass is 303 g/mol. The second-order valence-electron chi connectivity index (χ2n) is 5.13. The Balaban J connectivity index is 1.97. The molecular formula is C16H14ClNO3. The highest BCUT2D eigenvalue weighted by Gasteiger charge is 2.23. The van der Waals surface area contributed by atoms with E-state index in [1.54, 1.807) is 12.1 Å². The minimum Gasteiger partial charge on any atom is -0.491 e. The summed E-state index contributed by atoms with van der Waals surface area (Å²) in [5.41, 5.74) is 1.58. The van der Waals surface area contributed by atoms with Gasteiger partial charge in [-0.1, -0.05) is 23.7 Å². The standard InChI is InChI=1S/C16H14ClNO3/c17-12-5-3-11(4-6-12)13-7-14(16(19)20)18-8-15(13)21-9-10-1-2-10/h3-8,10H,1-2,9H2,(H,19,20). The van der Waals surface area contributed by atoms with Gasteiger partial charge in [-0.2, -0.15) is 0 Å². The Hall–Kier alpha value is -2.07. The van der Waals surface area contributed by atoms with Gasteiger partial charge < -0.3 is 9.84 Å². The molecule has 0 unspecified atom stereocenters. The van der Waals surface area contributed by atoms with Crippen LogP contribution in [0.4, 0.5) is 0 Å². The van der Waals surface area contributed by atoms with Crippen molar-refractivity contribution in [2.45, 2.75) is 12.8 Å². The van der Waals surface area contributed by atoms with Gasteiger partial charge in [-0.3, -0.25) is 0 Å². The van der Waals surface area contributed by atoms with Gasteiger partial charge in [-0.25, -0.2) is 9.78 Å². The smallest absolute Gasteiger partial charge is 0.354 e. The highest BCUT2D eigenvalue weighted by atomic mass is 35.5. The summed E-state index contributed by atoms with van der Waals surface area (Å²) in [6.45, 7) is 0.648. The fourth-order valence-corrected chi connectivity index (χ4v) is 2.15. The van der Waals surface area contributed by atoms with Crippen LogP contribution in [0, 0.1) is 5.92 Å². The lowest BCUT2D eigenvalue weighted by atomic mass is 10.1. The van der Waals surface area contributed by atoms with Crippen LogP contribution in [0.2, 0.25) is 5.02 Å². The van der Waals surface area contributed by atoms with Crippen LogP contribution in [0.3, 0.4) is 0 Å². The van der Waals surface area contributed by atoms with Gasteiger partial charge in [0.2, 0.25) is 0 Å². The number of ether oxygens (including phenoxy) is 1. The number of halogens is 1. The van der Waals surface area contributed by atoms with Crippen molar-refractivity contribution >= 4 is 17.6 Å². The lowest BCUT2D eigenvalue weighted by Crippen LogP contribution is -2.05. The summed E-state index contributed by atoms with van der Waals surface area (Å²) < 4.78 is 5.79. The average molecular weight is 304 g/mol. The van der Waals surface area contributed by atoms with Crippen LogP contribution in [0.15, 0.2) is 36.5 Å². The Morgan fingerprint density at radius 1 is 1.33 bits per heavy atom. The van der Waals surface area contributed by atoms with Crippen molar-refractivity contribution < 1.29 is 14.6 Å². The van der Waals surface area contributed by atoms with E-state index in [0.29, 0.717) is 23.3 Å². The van der Waals surface area contributed by atoms with Crippen molar-refractivity contribution in [2.24, 2.45) is 5.92 Å². The molecule has 0 radical (unpaired) electrons. The first-order valence-electron chi connectivity index (χ1n) is 6.75. The third kappa shape index (κ3) is 3.34. The summed E-state index contributed by atoms with van der Waals surface area (Å²) in [4.78, 5) is 15.0. The largest absolute Gasteiger partial charge is 0.491 e. The molecule has 1 heterocycles. The van der Waals surface area contributed by atoms with Crippen molar-refractivity contribution in [1.82, 2.24) is 4.98 Å². The normalized spacial score (nSPS) is 14.0. The number of aromatic nitrogens is 1. The van der Waals surface area contributed by atoms with Crippen molar-refractivity contribution in [3.05, 3.63) is 47.2 Å². The number of carboxylic acids is 1. The Morgan fingerprint density at radius 2 is 2.05 bits per heavy atom. The Morgan fingerprint density at radius 3 is 2.67 bits per heavy atom. The van der Waals surface area contributed by atoms with Crippen LogP contribution < -0.4 is 4.74 Å². The van der Waals surface area contributed by atoms with E-state index in [9.17, 15) is 4.79 Å². The molecule has 108 valence electrons. The summed E-state index contributed by atoms with van der Waals surface area (Å²) in [7, 11) is 0. The summed E-state index contributed by atoms with van der Waals surface area (Å²) in [5, 5.41) is 9.73. The van der Waals surface area contributed by atoms with Crippen LogP contribution in [-0.4, -0.2) is 22.7 Å². The van der Waals surface area contributed by atoms with Crippen LogP contribution in [0.1, 0.15) is 23.3 Å². The molecule has 1 aromatic carbocycles. The molecule has 0 atom stereocenters. The SMILES string of the molecule is O=C(O)c1cc(-c2ccc(Cl)cc2)c(OCC2CC2)cn1. The quantitative estimate of drug-likeness (QED) is 0.910. The zero-order chi connectivity index (χ0) is 14.8. The highest BCUT2D eigenvalue weighted by Crippen LogP contribution is 2.34. The fraction of sp³-hybridized carbons (Fsp3) is 0.250. The van der Waals surface area contributed by atoms with Crippen LogP contribution >= 0.6 is 11.6 Å². The van der Waals surface area contributed by atoms with Gasteiger partial charge in [0.05, 0.1) is 12.8 Å². The van der Waals surface area contributed by atoms with Gasteiger partial charge >= 0.3 is 5.97 Å². The van der Waals surface area contributed by atoms with E-state index in [-0.39, 0.29) is 5.69 Å². The number of hydrogen-bond acceptors (Lipinski definition) is 3. The minimum absolute atomic E-state index is 0.00118. The molecular weight excluding hydrogens is 290 g/mol. The molecule has 3 rings (SSSR count). The Bertz CT molecular complexity index is 666. The summed E-state index contributed by atoms with van der Waals surface area (Å²) in [6, 6.07) is 8.75. The number of pyridine rings is 1. The number of benzene rings is 1. The minimum atomic E-state index is -1.06. The van der Waals surface area contributed by atoms with Crippen LogP contribution in [0.5, 0.6) is 5.75 Å². The van der Waals surface area contributed by atoms with Crippen molar-refractivity contribution in [3.63, 3.8) is 0 Å². The topological polar surface area (TPSA) is 59.4 Å². The lowest BCUT2D eigenvalue weighted by molar-refractivity contribution is 0.0690. The van der Waals surface area contributed by atoms with E-state index in [1.807, 2.05) is 12.1 Å². The van der Waals surface area contributed by atoms with E-state index in [2.05, 4.69) is 4.98 Å². The van der Waals surface area contributed by atoms with Crippen molar-refractivity contribution in [1.29, 1.82) is 0 Å². The number of nitrogens with zero attached hydrogens (tertiary/aromatic N) is 1. The number of hydrogen-bond donors (Lipinski definition) is 1. The molecule has 21 heavy (non-hydrogen) atoms. The fourth-order valence-electron chi connectivity index (χ4n) is 2.02. The molecule has 1 aliphatic carbocycles. The zero-order valence-electron chi connectivity index (χ0n) is 11.3. The summed E-state index contributed by atoms with van der Waals surface area (Å²) >= 11 is 5.89. The van der Waals surface area contributed by atoms with E-state index in [4.69, 9.17) is 21.4 Å². The van der Waals surface area contributed by atoms with Gasteiger partial charge in [0.15, 0.2) is 0 Å². The van der Waals surface area contributed by atoms with Gasteiger partial charge in [0.1, 0.15) is 11.4 Å². The maximum Gasteiger partial charge on any atom is 0.354 e. The molecule has 1 saturated carbocycles. The van der Waals surface area contributed by atoms with E-state index in [0.717, 1.165) is 11.1 Å². The van der Waals surface area contributed by atoms with Crippen LogP contribution in [0.25, 0.3) is 11.1 Å². The predicted octanol–water partition coefficient (Wildman–Crippen LogP) is 3.89. The summed E-state index contributed by atoms with van der Waals surface area (Å²) in [6.07, 6.45) is 3.86. The van der Waals surface area contributed by atoms with Gasteiger partial charge in [0, 0.05) is 10.6 Å². The third-order valence-electron chi connectivity index (χ3n) is 3.41. The maximum atomic E-state index is 11.1. The molecule has 0 bridgehead atoms. The number of rotatable bonds is 5. The molecule has 4 nitrogen and oxygen atoms in total. The lowest BCUT2D eigenvalue weighted by Gasteiger charge is -2.12. The van der Waals surface area contributed by atoms with Gasteiger partial charge in [-0.05, 0) is 42.5 Å². The molecule has 0 spiro atoms. The molecule has 1 N–H and O–H groups in total. The van der Waals surface area contributed by atoms with E-state index < -0.39 is 5.97 Å². The second-order valence-corrected chi connectivity index (χ2v) is 5.57. The molecule has 0 aliphatic heterocycles. The first kappa shape index (κ1) is 13.9. The number of aromatic carboxylic acids is 1. The summed E-state index contributed by atoms with van der Waals surface area (Å²) in [5.74, 6) is 0.162. The molecule has 0 amide bonds. The molecule has 1 aromatic heterocycles. The third-order valence-corrected chi connectivity index (χ3v) is 3.67.